The lowest BCUT2D eigenvalue weighted by atomic mass is 10.3. The van der Waals surface area contributed by atoms with Crippen molar-refractivity contribution in [2.75, 3.05) is 16.9 Å². The number of nitrogens with one attached hydrogen (secondary N) is 1. The van der Waals surface area contributed by atoms with E-state index in [1.54, 1.807) is 12.3 Å². The van der Waals surface area contributed by atoms with Crippen LogP contribution in [0.5, 0.6) is 0 Å². The first kappa shape index (κ1) is 12.4. The number of aromatic nitrogens is 3. The lowest BCUT2D eigenvalue weighted by molar-refractivity contribution is 0.983. The number of pyridine rings is 1. The molecule has 0 unspecified atom stereocenters. The van der Waals surface area contributed by atoms with Gasteiger partial charge in [-0.3, -0.25) is 0 Å². The van der Waals surface area contributed by atoms with Crippen LogP contribution >= 0.6 is 11.8 Å². The normalized spacial score (nSPS) is 10.3. The SMILES string of the molecule is NNc1ccc(CSc2nc(N)cc(N)n2)cn1. The minimum atomic E-state index is 0.366. The minimum Gasteiger partial charge on any atom is -0.383 e. The minimum absolute atomic E-state index is 0.366. The summed E-state index contributed by atoms with van der Waals surface area (Å²) < 4.78 is 0. The quantitative estimate of drug-likeness (QED) is 0.273. The first-order valence-corrected chi connectivity index (χ1v) is 6.10. The lowest BCUT2D eigenvalue weighted by Gasteiger charge is -2.03. The fourth-order valence-corrected chi connectivity index (χ4v) is 2.08. The maximum Gasteiger partial charge on any atom is 0.191 e. The van der Waals surface area contributed by atoms with Crippen molar-refractivity contribution in [3.8, 4) is 0 Å². The first-order valence-electron chi connectivity index (χ1n) is 5.12. The van der Waals surface area contributed by atoms with Crippen LogP contribution in [0, 0.1) is 0 Å². The molecule has 0 saturated carbocycles. The van der Waals surface area contributed by atoms with E-state index in [9.17, 15) is 0 Å². The van der Waals surface area contributed by atoms with Crippen molar-refractivity contribution in [3.05, 3.63) is 30.0 Å². The van der Waals surface area contributed by atoms with E-state index in [4.69, 9.17) is 17.3 Å². The summed E-state index contributed by atoms with van der Waals surface area (Å²) in [6.45, 7) is 0. The van der Waals surface area contributed by atoms with Crippen molar-refractivity contribution < 1.29 is 0 Å². The van der Waals surface area contributed by atoms with Gasteiger partial charge in [-0.05, 0) is 11.6 Å². The summed E-state index contributed by atoms with van der Waals surface area (Å²) in [6, 6.07) is 5.24. The van der Waals surface area contributed by atoms with E-state index >= 15 is 0 Å². The summed E-state index contributed by atoms with van der Waals surface area (Å²) in [5, 5.41) is 0.550. The fraction of sp³-hybridized carbons (Fsp3) is 0.100. The molecule has 0 bridgehead atoms. The van der Waals surface area contributed by atoms with Crippen molar-refractivity contribution in [3.63, 3.8) is 0 Å². The molecule has 2 aromatic heterocycles. The van der Waals surface area contributed by atoms with Gasteiger partial charge in [0.2, 0.25) is 0 Å². The Morgan fingerprint density at radius 2 is 1.89 bits per heavy atom. The molecule has 94 valence electrons. The molecule has 7 nitrogen and oxygen atoms in total. The number of rotatable bonds is 4. The van der Waals surface area contributed by atoms with E-state index in [2.05, 4.69) is 20.4 Å². The summed E-state index contributed by atoms with van der Waals surface area (Å²) in [4.78, 5) is 12.3. The van der Waals surface area contributed by atoms with Gasteiger partial charge < -0.3 is 16.9 Å². The zero-order valence-electron chi connectivity index (χ0n) is 9.50. The maximum atomic E-state index is 5.59. The Morgan fingerprint density at radius 3 is 2.44 bits per heavy atom. The van der Waals surface area contributed by atoms with Gasteiger partial charge in [-0.15, -0.1) is 0 Å². The molecule has 0 radical (unpaired) electrons. The highest BCUT2D eigenvalue weighted by Gasteiger charge is 2.02. The molecule has 7 N–H and O–H groups in total. The van der Waals surface area contributed by atoms with Gasteiger partial charge in [0.15, 0.2) is 5.16 Å². The molecule has 0 atom stereocenters. The summed E-state index contributed by atoms with van der Waals surface area (Å²) in [6.07, 6.45) is 1.73. The number of nitrogens with two attached hydrogens (primary N) is 3. The number of hydrazine groups is 1. The highest BCUT2D eigenvalue weighted by molar-refractivity contribution is 7.98. The molecule has 0 aliphatic heterocycles. The summed E-state index contributed by atoms with van der Waals surface area (Å²) >= 11 is 1.44. The zero-order chi connectivity index (χ0) is 13.0. The van der Waals surface area contributed by atoms with E-state index in [-0.39, 0.29) is 0 Å². The Bertz CT molecular complexity index is 508. The van der Waals surface area contributed by atoms with E-state index in [0.29, 0.717) is 28.4 Å². The van der Waals surface area contributed by atoms with Gasteiger partial charge in [0.05, 0.1) is 0 Å². The monoisotopic (exact) mass is 263 g/mol. The van der Waals surface area contributed by atoms with Crippen LogP contribution in [-0.4, -0.2) is 15.0 Å². The van der Waals surface area contributed by atoms with E-state index in [0.717, 1.165) is 5.56 Å². The molecule has 0 aliphatic rings. The van der Waals surface area contributed by atoms with Crippen molar-refractivity contribution in [2.24, 2.45) is 5.84 Å². The standard InChI is InChI=1S/C10H13N7S/c11-7-3-8(12)16-10(15-7)18-5-6-1-2-9(17-13)14-4-6/h1-4H,5,13H2,(H,14,17)(H4,11,12,15,16). The third kappa shape index (κ3) is 3.22. The zero-order valence-corrected chi connectivity index (χ0v) is 10.3. The maximum absolute atomic E-state index is 5.59. The molecule has 2 heterocycles. The number of hydrogen-bond acceptors (Lipinski definition) is 8. The molecule has 0 aromatic carbocycles. The average Bonchev–Trinajstić information content (AvgIpc) is 2.36. The first-order chi connectivity index (χ1) is 8.67. The third-order valence-electron chi connectivity index (χ3n) is 2.09. The number of anilines is 3. The van der Waals surface area contributed by atoms with Crippen molar-refractivity contribution in [1.82, 2.24) is 15.0 Å². The van der Waals surface area contributed by atoms with Gasteiger partial charge in [-0.1, -0.05) is 17.8 Å². The molecule has 8 heteroatoms. The van der Waals surface area contributed by atoms with E-state index in [1.807, 2.05) is 6.07 Å². The predicted octanol–water partition coefficient (Wildman–Crippen LogP) is 0.614. The van der Waals surface area contributed by atoms with Crippen LogP contribution in [0.1, 0.15) is 5.56 Å². The van der Waals surface area contributed by atoms with Crippen LogP contribution in [0.3, 0.4) is 0 Å². The summed E-state index contributed by atoms with van der Waals surface area (Å²) in [5.41, 5.74) is 14.7. The Kier molecular flexibility index (Phi) is 3.80. The van der Waals surface area contributed by atoms with Crippen molar-refractivity contribution >= 4 is 29.2 Å². The van der Waals surface area contributed by atoms with Crippen LogP contribution in [0.2, 0.25) is 0 Å². The molecule has 18 heavy (non-hydrogen) atoms. The van der Waals surface area contributed by atoms with Gasteiger partial charge in [0.1, 0.15) is 17.5 Å². The Morgan fingerprint density at radius 1 is 1.17 bits per heavy atom. The van der Waals surface area contributed by atoms with Crippen molar-refractivity contribution in [1.29, 1.82) is 0 Å². The van der Waals surface area contributed by atoms with Crippen LogP contribution in [0.25, 0.3) is 0 Å². The molecule has 0 saturated heterocycles. The Balaban J connectivity index is 2.01. The molecule has 0 amide bonds. The number of nitrogen functional groups attached to an aromatic ring is 3. The van der Waals surface area contributed by atoms with Crippen LogP contribution < -0.4 is 22.7 Å². The van der Waals surface area contributed by atoms with Crippen LogP contribution in [0.4, 0.5) is 17.5 Å². The molecule has 2 aromatic rings. The Hall–Kier alpha value is -2.06. The van der Waals surface area contributed by atoms with Gasteiger partial charge >= 0.3 is 0 Å². The fourth-order valence-electron chi connectivity index (χ4n) is 1.27. The second-order valence-corrected chi connectivity index (χ2v) is 4.43. The van der Waals surface area contributed by atoms with Crippen LogP contribution in [-0.2, 0) is 5.75 Å². The number of hydrogen-bond donors (Lipinski definition) is 4. The molecular weight excluding hydrogens is 250 g/mol. The van der Waals surface area contributed by atoms with Gasteiger partial charge in [0.25, 0.3) is 0 Å². The highest BCUT2D eigenvalue weighted by Crippen LogP contribution is 2.21. The summed E-state index contributed by atoms with van der Waals surface area (Å²) in [7, 11) is 0. The molecule has 2 rings (SSSR count). The molecule has 0 spiro atoms. The van der Waals surface area contributed by atoms with Gasteiger partial charge in [-0.25, -0.2) is 20.8 Å². The third-order valence-corrected chi connectivity index (χ3v) is 3.00. The average molecular weight is 263 g/mol. The van der Waals surface area contributed by atoms with E-state index in [1.165, 1.54) is 17.8 Å². The van der Waals surface area contributed by atoms with Gasteiger partial charge in [0, 0.05) is 18.0 Å². The largest absolute Gasteiger partial charge is 0.383 e. The summed E-state index contributed by atoms with van der Waals surface area (Å²) in [5.74, 6) is 7.27. The van der Waals surface area contributed by atoms with Crippen LogP contribution in [0.15, 0.2) is 29.6 Å². The van der Waals surface area contributed by atoms with Crippen molar-refractivity contribution in [2.45, 2.75) is 10.9 Å². The molecule has 0 fully saturated rings. The van der Waals surface area contributed by atoms with Gasteiger partial charge in [-0.2, -0.15) is 0 Å². The second kappa shape index (κ2) is 5.52. The lowest BCUT2D eigenvalue weighted by Crippen LogP contribution is -2.08. The second-order valence-electron chi connectivity index (χ2n) is 3.48. The molecular formula is C10H13N7S. The van der Waals surface area contributed by atoms with E-state index < -0.39 is 0 Å². The topological polar surface area (TPSA) is 129 Å². The Labute approximate surface area is 108 Å². The smallest absolute Gasteiger partial charge is 0.191 e. The molecule has 0 aliphatic carbocycles. The number of thioether (sulfide) groups is 1. The predicted molar refractivity (Wildman–Crippen MR) is 72.5 cm³/mol. The highest BCUT2D eigenvalue weighted by atomic mass is 32.2. The number of nitrogens with zero attached hydrogens (tertiary/aromatic N) is 3.